The minimum atomic E-state index is -2.32. The second-order valence-electron chi connectivity index (χ2n) is 5.41. The van der Waals surface area contributed by atoms with Gasteiger partial charge in [-0.2, -0.15) is 0 Å². The normalized spacial score (nSPS) is 21.5. The van der Waals surface area contributed by atoms with Crippen molar-refractivity contribution in [2.24, 2.45) is 0 Å². The van der Waals surface area contributed by atoms with Crippen LogP contribution >= 0.6 is 22.9 Å². The van der Waals surface area contributed by atoms with Crippen molar-refractivity contribution in [2.45, 2.75) is 18.5 Å². The molecule has 0 aliphatic carbocycles. The Morgan fingerprint density at radius 3 is 2.91 bits per heavy atom. The standard InChI is InChI=1S/C15H13ClFNO3S/c16-10-1-2-12-11(6-10)9(7-22-12)5-13(19)18-4-3-15(17,8-18)14(20)21/h1-2,6-7H,3-5,8H2,(H,20,21). The van der Waals surface area contributed by atoms with E-state index in [1.807, 2.05) is 11.4 Å². The first-order chi connectivity index (χ1) is 10.4. The molecule has 1 aliphatic rings. The molecule has 116 valence electrons. The second kappa shape index (κ2) is 5.52. The molecule has 1 amide bonds. The number of fused-ring (bicyclic) bond motifs is 1. The van der Waals surface area contributed by atoms with E-state index in [1.165, 1.54) is 16.2 Å². The van der Waals surface area contributed by atoms with Crippen molar-refractivity contribution in [1.29, 1.82) is 0 Å². The van der Waals surface area contributed by atoms with Gasteiger partial charge in [0.15, 0.2) is 0 Å². The van der Waals surface area contributed by atoms with Gasteiger partial charge in [0.05, 0.1) is 13.0 Å². The number of carboxylic acids is 1. The van der Waals surface area contributed by atoms with Gasteiger partial charge in [0, 0.05) is 22.7 Å². The number of thiophene rings is 1. The van der Waals surface area contributed by atoms with E-state index >= 15 is 0 Å². The number of carbonyl (C=O) groups is 2. The molecule has 1 aromatic carbocycles. The minimum Gasteiger partial charge on any atom is -0.479 e. The Labute approximate surface area is 135 Å². The van der Waals surface area contributed by atoms with Crippen LogP contribution in [0.15, 0.2) is 23.6 Å². The molecule has 22 heavy (non-hydrogen) atoms. The molecule has 1 fully saturated rings. The van der Waals surface area contributed by atoms with E-state index in [0.29, 0.717) is 5.02 Å². The van der Waals surface area contributed by atoms with Gasteiger partial charge in [0.25, 0.3) is 0 Å². The minimum absolute atomic E-state index is 0.121. The van der Waals surface area contributed by atoms with Crippen molar-refractivity contribution in [3.05, 3.63) is 34.2 Å². The highest BCUT2D eigenvalue weighted by Crippen LogP contribution is 2.31. The number of halogens is 2. The maximum Gasteiger partial charge on any atom is 0.343 e. The lowest BCUT2D eigenvalue weighted by atomic mass is 10.1. The van der Waals surface area contributed by atoms with Gasteiger partial charge in [-0.15, -0.1) is 11.3 Å². The number of alkyl halides is 1. The zero-order valence-electron chi connectivity index (χ0n) is 11.5. The molecule has 1 atom stereocenters. The molecule has 1 saturated heterocycles. The fraction of sp³-hybridized carbons (Fsp3) is 0.333. The number of nitrogens with zero attached hydrogens (tertiary/aromatic N) is 1. The number of carboxylic acid groups (broad SMARTS) is 1. The van der Waals surface area contributed by atoms with Crippen molar-refractivity contribution in [3.63, 3.8) is 0 Å². The van der Waals surface area contributed by atoms with Crippen LogP contribution in [-0.4, -0.2) is 40.6 Å². The van der Waals surface area contributed by atoms with E-state index in [4.69, 9.17) is 16.7 Å². The van der Waals surface area contributed by atoms with Crippen molar-refractivity contribution in [2.75, 3.05) is 13.1 Å². The smallest absolute Gasteiger partial charge is 0.343 e. The number of hydrogen-bond acceptors (Lipinski definition) is 3. The lowest BCUT2D eigenvalue weighted by molar-refractivity contribution is -0.150. The summed E-state index contributed by atoms with van der Waals surface area (Å²) in [6.45, 7) is -0.256. The Kier molecular flexibility index (Phi) is 3.82. The summed E-state index contributed by atoms with van der Waals surface area (Å²) in [5.41, 5.74) is -1.49. The highest BCUT2D eigenvalue weighted by Gasteiger charge is 2.46. The lowest BCUT2D eigenvalue weighted by Gasteiger charge is -2.17. The van der Waals surface area contributed by atoms with E-state index in [2.05, 4.69) is 0 Å². The molecular formula is C15H13ClFNO3S. The van der Waals surface area contributed by atoms with Gasteiger partial charge in [-0.3, -0.25) is 4.79 Å². The maximum atomic E-state index is 14.0. The Morgan fingerprint density at radius 1 is 1.45 bits per heavy atom. The maximum absolute atomic E-state index is 14.0. The Balaban J connectivity index is 1.77. The molecule has 1 aliphatic heterocycles. The zero-order valence-corrected chi connectivity index (χ0v) is 13.1. The number of aliphatic carboxylic acids is 1. The monoisotopic (exact) mass is 341 g/mol. The van der Waals surface area contributed by atoms with Crippen LogP contribution in [0.3, 0.4) is 0 Å². The van der Waals surface area contributed by atoms with E-state index in [9.17, 15) is 14.0 Å². The van der Waals surface area contributed by atoms with Crippen molar-refractivity contribution in [3.8, 4) is 0 Å². The molecule has 4 nitrogen and oxygen atoms in total. The Hall–Kier alpha value is -1.66. The summed E-state index contributed by atoms with van der Waals surface area (Å²) in [6.07, 6.45) is -0.0413. The average molecular weight is 342 g/mol. The van der Waals surface area contributed by atoms with Gasteiger partial charge in [-0.25, -0.2) is 9.18 Å². The summed E-state index contributed by atoms with van der Waals surface area (Å²) in [5, 5.41) is 12.3. The summed E-state index contributed by atoms with van der Waals surface area (Å²) in [7, 11) is 0. The highest BCUT2D eigenvalue weighted by atomic mass is 35.5. The molecule has 0 saturated carbocycles. The molecule has 1 aromatic heterocycles. The van der Waals surface area contributed by atoms with Crippen LogP contribution < -0.4 is 0 Å². The van der Waals surface area contributed by atoms with Crippen molar-refractivity contribution < 1.29 is 19.1 Å². The number of carbonyl (C=O) groups excluding carboxylic acids is 1. The van der Waals surface area contributed by atoms with Crippen LogP contribution in [0.2, 0.25) is 5.02 Å². The molecule has 2 aromatic rings. The SMILES string of the molecule is O=C(Cc1csc2ccc(Cl)cc12)N1CCC(F)(C(=O)O)C1. The molecule has 1 N–H and O–H groups in total. The average Bonchev–Trinajstić information content (AvgIpc) is 3.04. The van der Waals surface area contributed by atoms with Crippen molar-refractivity contribution in [1.82, 2.24) is 4.90 Å². The first-order valence-electron chi connectivity index (χ1n) is 6.75. The van der Waals surface area contributed by atoms with Crippen LogP contribution in [0.4, 0.5) is 4.39 Å². The molecule has 0 radical (unpaired) electrons. The summed E-state index contributed by atoms with van der Waals surface area (Å²) in [4.78, 5) is 24.5. The van der Waals surface area contributed by atoms with Gasteiger partial charge in [-0.1, -0.05) is 11.6 Å². The molecule has 1 unspecified atom stereocenters. The van der Waals surface area contributed by atoms with Crippen LogP contribution in [0, 0.1) is 0 Å². The quantitative estimate of drug-likeness (QED) is 0.933. The third-order valence-corrected chi connectivity index (χ3v) is 5.16. The van der Waals surface area contributed by atoms with Gasteiger partial charge in [-0.05, 0) is 34.5 Å². The second-order valence-corrected chi connectivity index (χ2v) is 6.76. The molecule has 0 spiro atoms. The van der Waals surface area contributed by atoms with Crippen LogP contribution in [0.25, 0.3) is 10.1 Å². The Bertz CT molecular complexity index is 762. The first-order valence-corrected chi connectivity index (χ1v) is 8.00. The number of hydrogen-bond donors (Lipinski definition) is 1. The van der Waals surface area contributed by atoms with Crippen molar-refractivity contribution >= 4 is 44.9 Å². The topological polar surface area (TPSA) is 57.6 Å². The lowest BCUT2D eigenvalue weighted by Crippen LogP contribution is -2.39. The summed E-state index contributed by atoms with van der Waals surface area (Å²) < 4.78 is 15.0. The van der Waals surface area contributed by atoms with E-state index in [-0.39, 0.29) is 31.8 Å². The number of amides is 1. The predicted molar refractivity (Wildman–Crippen MR) is 83.2 cm³/mol. The van der Waals surface area contributed by atoms with Crippen LogP contribution in [-0.2, 0) is 16.0 Å². The number of benzene rings is 1. The van der Waals surface area contributed by atoms with E-state index in [1.54, 1.807) is 12.1 Å². The fourth-order valence-corrected chi connectivity index (χ4v) is 3.74. The fourth-order valence-electron chi connectivity index (χ4n) is 2.63. The zero-order chi connectivity index (χ0) is 15.9. The van der Waals surface area contributed by atoms with Crippen LogP contribution in [0.5, 0.6) is 0 Å². The summed E-state index contributed by atoms with van der Waals surface area (Å²) in [5.74, 6) is -1.77. The molecule has 3 rings (SSSR count). The Morgan fingerprint density at radius 2 is 2.23 bits per heavy atom. The van der Waals surface area contributed by atoms with E-state index < -0.39 is 11.6 Å². The molecule has 7 heteroatoms. The highest BCUT2D eigenvalue weighted by molar-refractivity contribution is 7.17. The number of rotatable bonds is 3. The van der Waals surface area contributed by atoms with Gasteiger partial charge in [0.2, 0.25) is 11.6 Å². The molecule has 2 heterocycles. The largest absolute Gasteiger partial charge is 0.479 e. The number of likely N-dealkylation sites (tertiary alicyclic amines) is 1. The van der Waals surface area contributed by atoms with Crippen LogP contribution in [0.1, 0.15) is 12.0 Å². The molecule has 0 bridgehead atoms. The van der Waals surface area contributed by atoms with E-state index in [0.717, 1.165) is 15.6 Å². The van der Waals surface area contributed by atoms with Gasteiger partial charge in [0.1, 0.15) is 0 Å². The molecular weight excluding hydrogens is 329 g/mol. The first kappa shape index (κ1) is 15.2. The summed E-state index contributed by atoms with van der Waals surface area (Å²) >= 11 is 7.49. The predicted octanol–water partition coefficient (Wildman–Crippen LogP) is 3.12. The third kappa shape index (κ3) is 2.68. The van der Waals surface area contributed by atoms with Gasteiger partial charge >= 0.3 is 5.97 Å². The van der Waals surface area contributed by atoms with Gasteiger partial charge < -0.3 is 10.0 Å². The summed E-state index contributed by atoms with van der Waals surface area (Å²) in [6, 6.07) is 5.48. The third-order valence-electron chi connectivity index (χ3n) is 3.91.